The number of aryl methyl sites for hydroxylation is 1. The average molecular weight is 345 g/mol. The van der Waals surface area contributed by atoms with Crippen LogP contribution < -0.4 is 4.90 Å². The standard InChI is InChI=1S/C21H23N5/c1-24-8-6-16-13-18(4-5-20(16)24)26-11-9-25(10-12-26)15-17-14-23-21-19(17)3-2-7-22-21/h2-8,13-14H,9-12,15H2,1H3,(H,22,23). The van der Waals surface area contributed by atoms with Crippen LogP contribution in [0, 0.1) is 0 Å². The Morgan fingerprint density at radius 2 is 1.96 bits per heavy atom. The molecule has 132 valence electrons. The highest BCUT2D eigenvalue weighted by Crippen LogP contribution is 2.24. The number of aromatic amines is 1. The number of anilines is 1. The van der Waals surface area contributed by atoms with E-state index >= 15 is 0 Å². The van der Waals surface area contributed by atoms with E-state index in [0.717, 1.165) is 38.4 Å². The maximum atomic E-state index is 4.39. The van der Waals surface area contributed by atoms with Gasteiger partial charge in [-0.2, -0.15) is 0 Å². The molecule has 0 radical (unpaired) electrons. The van der Waals surface area contributed by atoms with Crippen LogP contribution in [-0.2, 0) is 13.6 Å². The van der Waals surface area contributed by atoms with Gasteiger partial charge in [0.05, 0.1) is 0 Å². The van der Waals surface area contributed by atoms with Crippen LogP contribution in [0.5, 0.6) is 0 Å². The molecule has 1 N–H and O–H groups in total. The van der Waals surface area contributed by atoms with Crippen LogP contribution in [-0.4, -0.2) is 45.6 Å². The number of hydrogen-bond donors (Lipinski definition) is 1. The molecule has 0 aliphatic carbocycles. The molecule has 1 fully saturated rings. The van der Waals surface area contributed by atoms with E-state index in [9.17, 15) is 0 Å². The summed E-state index contributed by atoms with van der Waals surface area (Å²) in [5.41, 5.74) is 4.95. The highest BCUT2D eigenvalue weighted by atomic mass is 15.3. The van der Waals surface area contributed by atoms with Gasteiger partial charge in [-0.15, -0.1) is 0 Å². The zero-order valence-corrected chi connectivity index (χ0v) is 15.0. The molecule has 4 heterocycles. The molecule has 1 aliphatic heterocycles. The number of pyridine rings is 1. The van der Waals surface area contributed by atoms with Crippen LogP contribution in [0.25, 0.3) is 21.9 Å². The van der Waals surface area contributed by atoms with Crippen LogP contribution in [0.3, 0.4) is 0 Å². The van der Waals surface area contributed by atoms with Crippen LogP contribution in [0.15, 0.2) is 55.0 Å². The number of piperazine rings is 1. The molecule has 1 saturated heterocycles. The van der Waals surface area contributed by atoms with Crippen LogP contribution in [0.2, 0.25) is 0 Å². The molecule has 5 nitrogen and oxygen atoms in total. The number of nitrogens with one attached hydrogen (secondary N) is 1. The normalized spacial score (nSPS) is 16.0. The summed E-state index contributed by atoms with van der Waals surface area (Å²) in [7, 11) is 2.10. The van der Waals surface area contributed by atoms with Crippen LogP contribution >= 0.6 is 0 Å². The quantitative estimate of drug-likeness (QED) is 0.619. The van der Waals surface area contributed by atoms with E-state index in [0.29, 0.717) is 0 Å². The van der Waals surface area contributed by atoms with Gasteiger partial charge in [0, 0.05) is 80.3 Å². The fraction of sp³-hybridized carbons (Fsp3) is 0.286. The van der Waals surface area contributed by atoms with E-state index < -0.39 is 0 Å². The Morgan fingerprint density at radius 1 is 1.08 bits per heavy atom. The molecule has 3 aromatic heterocycles. The summed E-state index contributed by atoms with van der Waals surface area (Å²) in [6, 6.07) is 13.2. The van der Waals surface area contributed by atoms with Crippen molar-refractivity contribution in [1.29, 1.82) is 0 Å². The first-order valence-corrected chi connectivity index (χ1v) is 9.21. The fourth-order valence-electron chi connectivity index (χ4n) is 4.01. The molecular formula is C21H23N5. The Hall–Kier alpha value is -2.79. The van der Waals surface area contributed by atoms with Crippen molar-refractivity contribution < 1.29 is 0 Å². The van der Waals surface area contributed by atoms with Crippen molar-refractivity contribution in [2.75, 3.05) is 31.1 Å². The lowest BCUT2D eigenvalue weighted by Crippen LogP contribution is -2.45. The second-order valence-electron chi connectivity index (χ2n) is 7.15. The molecule has 1 aromatic carbocycles. The molecule has 0 amide bonds. The van der Waals surface area contributed by atoms with Gasteiger partial charge in [-0.1, -0.05) is 0 Å². The van der Waals surface area contributed by atoms with Gasteiger partial charge in [-0.25, -0.2) is 4.98 Å². The van der Waals surface area contributed by atoms with Gasteiger partial charge in [-0.3, -0.25) is 4.90 Å². The molecule has 0 atom stereocenters. The summed E-state index contributed by atoms with van der Waals surface area (Å²) in [5, 5.41) is 2.56. The van der Waals surface area contributed by atoms with Crippen molar-refractivity contribution in [3.05, 3.63) is 60.6 Å². The van der Waals surface area contributed by atoms with Crippen molar-refractivity contribution in [3.63, 3.8) is 0 Å². The third-order valence-electron chi connectivity index (χ3n) is 5.54. The lowest BCUT2D eigenvalue weighted by molar-refractivity contribution is 0.251. The first kappa shape index (κ1) is 15.5. The van der Waals surface area contributed by atoms with Crippen molar-refractivity contribution in [2.45, 2.75) is 6.54 Å². The predicted octanol–water partition coefficient (Wildman–Crippen LogP) is 3.38. The van der Waals surface area contributed by atoms with Crippen LogP contribution in [0.4, 0.5) is 5.69 Å². The number of benzene rings is 1. The number of fused-ring (bicyclic) bond motifs is 2. The van der Waals surface area contributed by atoms with E-state index in [2.05, 4.69) is 74.1 Å². The van der Waals surface area contributed by atoms with Crippen molar-refractivity contribution in [1.82, 2.24) is 19.4 Å². The maximum Gasteiger partial charge on any atom is 0.137 e. The summed E-state index contributed by atoms with van der Waals surface area (Å²) >= 11 is 0. The summed E-state index contributed by atoms with van der Waals surface area (Å²) in [4.78, 5) is 12.7. The first-order chi connectivity index (χ1) is 12.8. The molecule has 4 aromatic rings. The molecular weight excluding hydrogens is 322 g/mol. The Bertz CT molecular complexity index is 1050. The monoisotopic (exact) mass is 345 g/mol. The minimum absolute atomic E-state index is 0.983. The molecule has 26 heavy (non-hydrogen) atoms. The largest absolute Gasteiger partial charge is 0.369 e. The zero-order chi connectivity index (χ0) is 17.5. The second kappa shape index (κ2) is 6.18. The highest BCUT2D eigenvalue weighted by molar-refractivity contribution is 5.84. The Balaban J connectivity index is 1.28. The predicted molar refractivity (Wildman–Crippen MR) is 107 cm³/mol. The zero-order valence-electron chi connectivity index (χ0n) is 15.0. The van der Waals surface area contributed by atoms with Gasteiger partial charge in [0.15, 0.2) is 0 Å². The van der Waals surface area contributed by atoms with Gasteiger partial charge >= 0.3 is 0 Å². The SMILES string of the molecule is Cn1ccc2cc(N3CCN(Cc4c[nH]c5ncccc45)CC3)ccc21. The summed E-state index contributed by atoms with van der Waals surface area (Å²) < 4.78 is 2.17. The third-order valence-corrected chi connectivity index (χ3v) is 5.54. The smallest absolute Gasteiger partial charge is 0.137 e. The lowest BCUT2D eigenvalue weighted by Gasteiger charge is -2.36. The van der Waals surface area contributed by atoms with Gasteiger partial charge < -0.3 is 14.5 Å². The van der Waals surface area contributed by atoms with Crippen molar-refractivity contribution in [3.8, 4) is 0 Å². The first-order valence-electron chi connectivity index (χ1n) is 9.21. The summed E-state index contributed by atoms with van der Waals surface area (Å²) in [6.45, 7) is 5.29. The van der Waals surface area contributed by atoms with Crippen LogP contribution in [0.1, 0.15) is 5.56 Å². The molecule has 5 heteroatoms. The Labute approximate surface area is 152 Å². The Kier molecular flexibility index (Phi) is 3.68. The third kappa shape index (κ3) is 2.65. The van der Waals surface area contributed by atoms with Crippen molar-refractivity contribution >= 4 is 27.6 Å². The summed E-state index contributed by atoms with van der Waals surface area (Å²) in [6.07, 6.45) is 6.07. The van der Waals surface area contributed by atoms with E-state index in [4.69, 9.17) is 0 Å². The topological polar surface area (TPSA) is 40.1 Å². The minimum atomic E-state index is 0.983. The van der Waals surface area contributed by atoms with Gasteiger partial charge in [0.1, 0.15) is 5.65 Å². The summed E-state index contributed by atoms with van der Waals surface area (Å²) in [5.74, 6) is 0. The fourth-order valence-corrected chi connectivity index (χ4v) is 4.01. The molecule has 0 spiro atoms. The number of H-pyrrole nitrogens is 1. The minimum Gasteiger partial charge on any atom is -0.369 e. The highest BCUT2D eigenvalue weighted by Gasteiger charge is 2.19. The van der Waals surface area contributed by atoms with E-state index in [1.54, 1.807) is 0 Å². The van der Waals surface area contributed by atoms with Gasteiger partial charge in [0.25, 0.3) is 0 Å². The Morgan fingerprint density at radius 3 is 2.85 bits per heavy atom. The molecule has 5 rings (SSSR count). The molecule has 0 bridgehead atoms. The second-order valence-corrected chi connectivity index (χ2v) is 7.15. The lowest BCUT2D eigenvalue weighted by atomic mass is 10.1. The number of nitrogens with zero attached hydrogens (tertiary/aromatic N) is 4. The van der Waals surface area contributed by atoms with Crippen molar-refractivity contribution in [2.24, 2.45) is 7.05 Å². The average Bonchev–Trinajstić information content (AvgIpc) is 3.26. The van der Waals surface area contributed by atoms with Gasteiger partial charge in [0.2, 0.25) is 0 Å². The molecule has 0 unspecified atom stereocenters. The van der Waals surface area contributed by atoms with E-state index in [1.165, 1.54) is 27.5 Å². The number of hydrogen-bond acceptors (Lipinski definition) is 3. The van der Waals surface area contributed by atoms with Gasteiger partial charge in [-0.05, 0) is 42.0 Å². The number of rotatable bonds is 3. The molecule has 0 saturated carbocycles. The molecule has 1 aliphatic rings. The maximum absolute atomic E-state index is 4.39. The van der Waals surface area contributed by atoms with E-state index in [1.807, 2.05) is 12.3 Å². The van der Waals surface area contributed by atoms with E-state index in [-0.39, 0.29) is 0 Å². The number of aromatic nitrogens is 3.